The minimum Gasteiger partial charge on any atom is -0.497 e. The third-order valence-electron chi connectivity index (χ3n) is 5.43. The Morgan fingerprint density at radius 1 is 1.39 bits per heavy atom. The highest BCUT2D eigenvalue weighted by atomic mass is 19.1. The topological polar surface area (TPSA) is 117 Å². The molecule has 0 aliphatic carbocycles. The fraction of sp³-hybridized carbons (Fsp3) is 0.476. The number of aliphatic hydroxyl groups excluding tert-OH is 1. The largest absolute Gasteiger partial charge is 0.497 e. The monoisotopic (exact) mass is 432 g/mol. The number of piperidine rings is 1. The summed E-state index contributed by atoms with van der Waals surface area (Å²) >= 11 is 0. The molecule has 0 spiro atoms. The molecule has 2 aromatic rings. The van der Waals surface area contributed by atoms with Gasteiger partial charge in [-0.15, -0.1) is 0 Å². The van der Waals surface area contributed by atoms with Crippen LogP contribution >= 0.6 is 0 Å². The van der Waals surface area contributed by atoms with Gasteiger partial charge in [0.1, 0.15) is 12.1 Å². The van der Waals surface area contributed by atoms with E-state index < -0.39 is 17.8 Å². The predicted octanol–water partition coefficient (Wildman–Crippen LogP) is 0.841. The van der Waals surface area contributed by atoms with Gasteiger partial charge in [0.05, 0.1) is 19.8 Å². The van der Waals surface area contributed by atoms with Gasteiger partial charge in [0.25, 0.3) is 0 Å². The van der Waals surface area contributed by atoms with Crippen LogP contribution in [0.4, 0.5) is 16.0 Å². The quantitative estimate of drug-likeness (QED) is 0.534. The number of carbonyl (C=O) groups excluding carboxylic acids is 1. The lowest BCUT2D eigenvalue weighted by molar-refractivity contribution is -0.120. The lowest BCUT2D eigenvalue weighted by atomic mass is 9.94. The average molecular weight is 433 g/mol. The fourth-order valence-corrected chi connectivity index (χ4v) is 3.71. The molecule has 2 atom stereocenters. The average Bonchev–Trinajstić information content (AvgIpc) is 2.74. The number of methoxy groups -OCH3 is 1. The maximum absolute atomic E-state index is 15.0. The van der Waals surface area contributed by atoms with Gasteiger partial charge >= 0.3 is 0 Å². The third kappa shape index (κ3) is 6.02. The Kier molecular flexibility index (Phi) is 7.59. The Labute approximate surface area is 181 Å². The van der Waals surface area contributed by atoms with E-state index in [0.717, 1.165) is 11.3 Å². The van der Waals surface area contributed by atoms with Gasteiger partial charge in [0, 0.05) is 32.6 Å². The number of primary amides is 1. The van der Waals surface area contributed by atoms with Gasteiger partial charge in [-0.25, -0.2) is 9.97 Å². The number of carbonyl (C=O) groups is 1. The fourth-order valence-electron chi connectivity index (χ4n) is 3.71. The van der Waals surface area contributed by atoms with Crippen LogP contribution in [-0.4, -0.2) is 72.3 Å². The number of hydrogen-bond acceptors (Lipinski definition) is 8. The maximum atomic E-state index is 15.0. The molecule has 0 bridgehead atoms. The van der Waals surface area contributed by atoms with E-state index in [1.807, 2.05) is 29.2 Å². The van der Waals surface area contributed by atoms with Crippen molar-refractivity contribution in [3.05, 3.63) is 42.0 Å². The van der Waals surface area contributed by atoms with Crippen LogP contribution < -0.4 is 20.7 Å². The molecule has 4 N–H and O–H groups in total. The van der Waals surface area contributed by atoms with E-state index in [9.17, 15) is 9.90 Å². The number of ether oxygens (including phenoxy) is 1. The first-order valence-electron chi connectivity index (χ1n) is 10.1. The van der Waals surface area contributed by atoms with E-state index in [0.29, 0.717) is 32.6 Å². The van der Waals surface area contributed by atoms with Crippen molar-refractivity contribution in [2.75, 3.05) is 50.6 Å². The number of benzene rings is 1. The Morgan fingerprint density at radius 2 is 2.13 bits per heavy atom. The van der Waals surface area contributed by atoms with Gasteiger partial charge < -0.3 is 25.8 Å². The molecule has 31 heavy (non-hydrogen) atoms. The SMILES string of the molecule is COc1ccc(CN(C)c2ncnc(NC[C@@H]3CCN(CC(N)=O)C[C@H]3O)c2F)cc1. The van der Waals surface area contributed by atoms with E-state index >= 15 is 4.39 Å². The van der Waals surface area contributed by atoms with Crippen LogP contribution in [0.2, 0.25) is 0 Å². The molecule has 1 aliphatic heterocycles. The van der Waals surface area contributed by atoms with E-state index in [4.69, 9.17) is 10.5 Å². The summed E-state index contributed by atoms with van der Waals surface area (Å²) < 4.78 is 20.2. The molecule has 2 heterocycles. The Bertz CT molecular complexity index is 882. The van der Waals surface area contributed by atoms with Crippen LogP contribution in [0, 0.1) is 11.7 Å². The molecule has 3 rings (SSSR count). The molecule has 10 heteroatoms. The second-order valence-electron chi connectivity index (χ2n) is 7.76. The molecule has 168 valence electrons. The highest BCUT2D eigenvalue weighted by Gasteiger charge is 2.28. The molecule has 0 saturated carbocycles. The van der Waals surface area contributed by atoms with E-state index in [2.05, 4.69) is 15.3 Å². The first-order chi connectivity index (χ1) is 14.9. The maximum Gasteiger partial charge on any atom is 0.231 e. The van der Waals surface area contributed by atoms with Crippen molar-refractivity contribution >= 4 is 17.5 Å². The number of rotatable bonds is 9. The number of amides is 1. The number of nitrogens with one attached hydrogen (secondary N) is 1. The smallest absolute Gasteiger partial charge is 0.231 e. The number of hydrogen-bond donors (Lipinski definition) is 3. The lowest BCUT2D eigenvalue weighted by Crippen LogP contribution is -2.48. The summed E-state index contributed by atoms with van der Waals surface area (Å²) in [6.07, 6.45) is 1.35. The molecule has 1 aromatic heterocycles. The summed E-state index contributed by atoms with van der Waals surface area (Å²) in [6, 6.07) is 7.54. The zero-order valence-corrected chi connectivity index (χ0v) is 17.8. The molecule has 9 nitrogen and oxygen atoms in total. The van der Waals surface area contributed by atoms with Crippen LogP contribution in [0.15, 0.2) is 30.6 Å². The van der Waals surface area contributed by atoms with Crippen LogP contribution in [0.1, 0.15) is 12.0 Å². The number of nitrogens with zero attached hydrogens (tertiary/aromatic N) is 4. The molecule has 1 saturated heterocycles. The molecule has 1 aromatic carbocycles. The van der Waals surface area contributed by atoms with E-state index in [1.165, 1.54) is 6.33 Å². The minimum absolute atomic E-state index is 0.0843. The molecule has 0 radical (unpaired) electrons. The summed E-state index contributed by atoms with van der Waals surface area (Å²) in [7, 11) is 3.37. The predicted molar refractivity (Wildman–Crippen MR) is 115 cm³/mol. The van der Waals surface area contributed by atoms with Crippen LogP contribution in [-0.2, 0) is 11.3 Å². The van der Waals surface area contributed by atoms with Crippen molar-refractivity contribution in [1.29, 1.82) is 0 Å². The first kappa shape index (κ1) is 22.7. The van der Waals surface area contributed by atoms with Crippen LogP contribution in [0.3, 0.4) is 0 Å². The Balaban J connectivity index is 1.59. The summed E-state index contributed by atoms with van der Waals surface area (Å²) in [5.41, 5.74) is 6.20. The number of aromatic nitrogens is 2. The van der Waals surface area contributed by atoms with Crippen LogP contribution in [0.5, 0.6) is 5.75 Å². The van der Waals surface area contributed by atoms with Gasteiger partial charge in [-0.2, -0.15) is 4.39 Å². The third-order valence-corrected chi connectivity index (χ3v) is 5.43. The van der Waals surface area contributed by atoms with Gasteiger partial charge in [-0.3, -0.25) is 9.69 Å². The van der Waals surface area contributed by atoms with Gasteiger partial charge in [0.2, 0.25) is 11.7 Å². The van der Waals surface area contributed by atoms with Crippen molar-refractivity contribution in [2.45, 2.75) is 19.1 Å². The zero-order valence-electron chi connectivity index (χ0n) is 17.8. The first-order valence-corrected chi connectivity index (χ1v) is 10.1. The van der Waals surface area contributed by atoms with Crippen LogP contribution in [0.25, 0.3) is 0 Å². The molecular formula is C21H29FN6O3. The molecular weight excluding hydrogens is 403 g/mol. The number of β-amino-alcohol motifs (C(OH)–C–C–N with tert-alkyl or cyclic N) is 1. The second-order valence-corrected chi connectivity index (χ2v) is 7.76. The molecule has 1 aliphatic rings. The summed E-state index contributed by atoms with van der Waals surface area (Å²) in [5, 5.41) is 13.4. The Morgan fingerprint density at radius 3 is 2.77 bits per heavy atom. The number of likely N-dealkylation sites (tertiary alicyclic amines) is 1. The van der Waals surface area contributed by atoms with E-state index in [1.54, 1.807) is 19.1 Å². The Hall–Kier alpha value is -2.98. The highest BCUT2D eigenvalue weighted by molar-refractivity contribution is 5.75. The zero-order chi connectivity index (χ0) is 22.4. The lowest BCUT2D eigenvalue weighted by Gasteiger charge is -2.35. The molecule has 0 unspecified atom stereocenters. The minimum atomic E-state index is -0.636. The highest BCUT2D eigenvalue weighted by Crippen LogP contribution is 2.24. The standard InChI is InChI=1S/C21H29FN6O3/c1-27(10-14-3-5-16(31-2)6-4-14)21-19(22)20(25-13-26-21)24-9-15-7-8-28(11-17(15)29)12-18(23)30/h3-6,13,15,17,29H,7-12H2,1-2H3,(H2,23,30)(H,24,25,26)/t15-,17+/m0/s1. The van der Waals surface area contributed by atoms with Crippen molar-refractivity contribution in [2.24, 2.45) is 11.7 Å². The normalized spacial score (nSPS) is 19.1. The number of nitrogens with two attached hydrogens (primary N) is 1. The molecule has 1 fully saturated rings. The summed E-state index contributed by atoms with van der Waals surface area (Å²) in [6.45, 7) is 1.96. The van der Waals surface area contributed by atoms with Crippen molar-refractivity contribution in [3.8, 4) is 5.75 Å². The van der Waals surface area contributed by atoms with Gasteiger partial charge in [0.15, 0.2) is 11.6 Å². The van der Waals surface area contributed by atoms with Crippen molar-refractivity contribution < 1.29 is 19.0 Å². The second kappa shape index (κ2) is 10.4. The van der Waals surface area contributed by atoms with Gasteiger partial charge in [-0.05, 0) is 30.7 Å². The van der Waals surface area contributed by atoms with Gasteiger partial charge in [-0.1, -0.05) is 12.1 Å². The van der Waals surface area contributed by atoms with Crippen molar-refractivity contribution in [3.63, 3.8) is 0 Å². The summed E-state index contributed by atoms with van der Waals surface area (Å²) in [5.74, 6) is -0.00602. The molecule has 1 amide bonds. The summed E-state index contributed by atoms with van der Waals surface area (Å²) in [4.78, 5) is 22.7. The number of anilines is 2. The number of aliphatic hydroxyl groups is 1. The van der Waals surface area contributed by atoms with E-state index in [-0.39, 0.29) is 24.1 Å². The number of halogens is 1. The van der Waals surface area contributed by atoms with Crippen molar-refractivity contribution in [1.82, 2.24) is 14.9 Å².